The van der Waals surface area contributed by atoms with Crippen molar-refractivity contribution in [3.8, 4) is 0 Å². The van der Waals surface area contributed by atoms with Gasteiger partial charge in [-0.2, -0.15) is 5.10 Å². The second-order valence-electron chi connectivity index (χ2n) is 7.48. The minimum atomic E-state index is -0.490. The van der Waals surface area contributed by atoms with Gasteiger partial charge in [-0.3, -0.25) is 9.78 Å². The summed E-state index contributed by atoms with van der Waals surface area (Å²) in [7, 11) is 0. The van der Waals surface area contributed by atoms with Gasteiger partial charge < -0.3 is 10.5 Å². The van der Waals surface area contributed by atoms with Gasteiger partial charge >= 0.3 is 0 Å². The molecule has 4 aromatic rings. The number of aryl methyl sites for hydroxylation is 1. The topological polar surface area (TPSA) is 95.9 Å². The van der Waals surface area contributed by atoms with Crippen molar-refractivity contribution in [1.29, 1.82) is 0 Å². The Morgan fingerprint density at radius 3 is 2.90 bits per heavy atom. The Labute approximate surface area is 171 Å². The van der Waals surface area contributed by atoms with Crippen LogP contribution in [0.1, 0.15) is 47.2 Å². The van der Waals surface area contributed by atoms with Gasteiger partial charge in [-0.15, -0.1) is 0 Å². The molecule has 1 saturated heterocycles. The number of carbonyl (C=O) groups excluding carboxylic acids is 1. The van der Waals surface area contributed by atoms with Crippen LogP contribution in [-0.4, -0.2) is 32.1 Å². The van der Waals surface area contributed by atoms with Crippen LogP contribution >= 0.6 is 0 Å². The second kappa shape index (κ2) is 7.14. The number of fused-ring (bicyclic) bond motifs is 2. The zero-order chi connectivity index (χ0) is 20.8. The first kappa shape index (κ1) is 18.6. The first-order chi connectivity index (χ1) is 14.5. The predicted molar refractivity (Wildman–Crippen MR) is 111 cm³/mol. The third-order valence-corrected chi connectivity index (χ3v) is 5.53. The van der Waals surface area contributed by atoms with Crippen LogP contribution in [0.25, 0.3) is 21.8 Å². The van der Waals surface area contributed by atoms with E-state index in [0.717, 1.165) is 19.3 Å². The molecule has 0 amide bonds. The molecule has 1 unspecified atom stereocenters. The first-order valence-electron chi connectivity index (χ1n) is 9.89. The summed E-state index contributed by atoms with van der Waals surface area (Å²) in [6, 6.07) is 6.27. The Morgan fingerprint density at radius 1 is 1.23 bits per heavy atom. The molecular weight excluding hydrogens is 385 g/mol. The minimum Gasteiger partial charge on any atom is -0.396 e. The van der Waals surface area contributed by atoms with E-state index in [1.807, 2.05) is 6.07 Å². The maximum Gasteiger partial charge on any atom is 0.214 e. The van der Waals surface area contributed by atoms with Crippen molar-refractivity contribution in [2.24, 2.45) is 0 Å². The smallest absolute Gasteiger partial charge is 0.214 e. The van der Waals surface area contributed by atoms with Crippen molar-refractivity contribution < 1.29 is 13.9 Å². The van der Waals surface area contributed by atoms with Crippen LogP contribution in [0.4, 0.5) is 10.1 Å². The van der Waals surface area contributed by atoms with Crippen LogP contribution in [0.5, 0.6) is 0 Å². The van der Waals surface area contributed by atoms with E-state index in [4.69, 9.17) is 10.5 Å². The lowest BCUT2D eigenvalue weighted by Crippen LogP contribution is -2.18. The SMILES string of the molecule is Cc1nc(C(=O)c2ccc(F)c3nn(C4CCCCO4)cc23)c(N)c2cccnc12. The maximum absolute atomic E-state index is 14.5. The normalized spacial score (nSPS) is 16.9. The highest BCUT2D eigenvalue weighted by Gasteiger charge is 2.24. The predicted octanol–water partition coefficient (Wildman–Crippen LogP) is 3.94. The molecule has 0 radical (unpaired) electrons. The second-order valence-corrected chi connectivity index (χ2v) is 7.48. The van der Waals surface area contributed by atoms with Gasteiger partial charge in [0, 0.05) is 35.3 Å². The summed E-state index contributed by atoms with van der Waals surface area (Å²) in [5, 5.41) is 5.45. The summed E-state index contributed by atoms with van der Waals surface area (Å²) in [4.78, 5) is 22.1. The lowest BCUT2D eigenvalue weighted by atomic mass is 10.0. The van der Waals surface area contributed by atoms with Crippen LogP contribution < -0.4 is 5.73 Å². The molecule has 30 heavy (non-hydrogen) atoms. The van der Waals surface area contributed by atoms with E-state index in [0.29, 0.717) is 34.2 Å². The number of ether oxygens (including phenoxy) is 1. The standard InChI is InChI=1S/C22H20FN5O2/c1-12-19-14(5-4-9-25-19)18(24)21(26-12)22(29)13-7-8-16(23)20-15(13)11-28(27-20)17-6-2-3-10-30-17/h4-5,7-9,11,17H,2-3,6,10,24H2,1H3. The molecule has 5 rings (SSSR count). The molecule has 1 aromatic carbocycles. The van der Waals surface area contributed by atoms with Gasteiger partial charge in [0.05, 0.1) is 16.9 Å². The third-order valence-electron chi connectivity index (χ3n) is 5.53. The van der Waals surface area contributed by atoms with Crippen molar-refractivity contribution in [2.45, 2.75) is 32.4 Å². The van der Waals surface area contributed by atoms with Crippen LogP contribution in [0, 0.1) is 12.7 Å². The highest BCUT2D eigenvalue weighted by atomic mass is 19.1. The number of carbonyl (C=O) groups is 1. The quantitative estimate of drug-likeness (QED) is 0.519. The summed E-state index contributed by atoms with van der Waals surface area (Å²) in [6.45, 7) is 2.42. The number of halogens is 1. The number of hydrogen-bond acceptors (Lipinski definition) is 6. The molecule has 1 atom stereocenters. The Morgan fingerprint density at radius 2 is 2.10 bits per heavy atom. The number of nitrogen functional groups attached to an aromatic ring is 1. The van der Waals surface area contributed by atoms with Gasteiger partial charge in [0.1, 0.15) is 17.4 Å². The average molecular weight is 405 g/mol. The zero-order valence-corrected chi connectivity index (χ0v) is 16.4. The van der Waals surface area contributed by atoms with Crippen molar-refractivity contribution in [3.63, 3.8) is 0 Å². The van der Waals surface area contributed by atoms with Gasteiger partial charge in [-0.25, -0.2) is 14.1 Å². The first-order valence-corrected chi connectivity index (χ1v) is 9.89. The van der Waals surface area contributed by atoms with Gasteiger partial charge in [0.15, 0.2) is 5.82 Å². The molecule has 1 aliphatic rings. The number of nitrogens with two attached hydrogens (primary N) is 1. The van der Waals surface area contributed by atoms with Crippen LogP contribution in [0.15, 0.2) is 36.7 Å². The average Bonchev–Trinajstić information content (AvgIpc) is 3.23. The van der Waals surface area contributed by atoms with E-state index in [-0.39, 0.29) is 28.9 Å². The largest absolute Gasteiger partial charge is 0.396 e. The number of pyridine rings is 2. The monoisotopic (exact) mass is 405 g/mol. The Balaban J connectivity index is 1.65. The van der Waals surface area contributed by atoms with Crippen LogP contribution in [0.3, 0.4) is 0 Å². The maximum atomic E-state index is 14.5. The Hall–Kier alpha value is -3.39. The van der Waals surface area contributed by atoms with Crippen molar-refractivity contribution in [1.82, 2.24) is 19.7 Å². The summed E-state index contributed by atoms with van der Waals surface area (Å²) < 4.78 is 21.9. The number of aromatic nitrogens is 4. The highest BCUT2D eigenvalue weighted by Crippen LogP contribution is 2.30. The fourth-order valence-corrected chi connectivity index (χ4v) is 3.99. The number of benzene rings is 1. The highest BCUT2D eigenvalue weighted by molar-refractivity contribution is 6.19. The molecule has 0 bridgehead atoms. The molecule has 8 heteroatoms. The molecule has 3 aromatic heterocycles. The molecule has 0 saturated carbocycles. The van der Waals surface area contributed by atoms with Gasteiger partial charge in [-0.05, 0) is 50.5 Å². The molecule has 0 aliphatic carbocycles. The van der Waals surface area contributed by atoms with E-state index in [2.05, 4.69) is 15.1 Å². The lowest BCUT2D eigenvalue weighted by Gasteiger charge is -2.22. The molecule has 4 heterocycles. The fraction of sp³-hybridized carbons (Fsp3) is 0.273. The summed E-state index contributed by atoms with van der Waals surface area (Å²) in [5.41, 5.74) is 8.36. The number of nitrogens with zero attached hydrogens (tertiary/aromatic N) is 4. The number of ketones is 1. The third kappa shape index (κ3) is 2.91. The zero-order valence-electron chi connectivity index (χ0n) is 16.4. The van der Waals surface area contributed by atoms with Crippen LogP contribution in [-0.2, 0) is 4.74 Å². The fourth-order valence-electron chi connectivity index (χ4n) is 3.99. The molecule has 1 aliphatic heterocycles. The molecule has 2 N–H and O–H groups in total. The minimum absolute atomic E-state index is 0.127. The van der Waals surface area contributed by atoms with Gasteiger partial charge in [0.2, 0.25) is 5.78 Å². The van der Waals surface area contributed by atoms with Gasteiger partial charge in [-0.1, -0.05) is 0 Å². The van der Waals surface area contributed by atoms with E-state index >= 15 is 0 Å². The number of rotatable bonds is 3. The molecule has 1 fully saturated rings. The van der Waals surface area contributed by atoms with E-state index in [1.54, 1.807) is 30.1 Å². The van der Waals surface area contributed by atoms with Crippen molar-refractivity contribution in [2.75, 3.05) is 12.3 Å². The Bertz CT molecular complexity index is 1290. The number of hydrogen-bond donors (Lipinski definition) is 1. The van der Waals surface area contributed by atoms with Crippen LogP contribution in [0.2, 0.25) is 0 Å². The van der Waals surface area contributed by atoms with E-state index in [9.17, 15) is 9.18 Å². The molecule has 152 valence electrons. The van der Waals surface area contributed by atoms with E-state index < -0.39 is 5.82 Å². The van der Waals surface area contributed by atoms with Crippen molar-refractivity contribution >= 4 is 33.3 Å². The van der Waals surface area contributed by atoms with Gasteiger partial charge in [0.25, 0.3) is 0 Å². The molecular formula is C22H20FN5O2. The Kier molecular flexibility index (Phi) is 4.43. The summed E-state index contributed by atoms with van der Waals surface area (Å²) in [5.74, 6) is -0.869. The molecule has 0 spiro atoms. The van der Waals surface area contributed by atoms with E-state index in [1.165, 1.54) is 12.1 Å². The van der Waals surface area contributed by atoms with Crippen molar-refractivity contribution in [3.05, 3.63) is 59.4 Å². The molecule has 7 nitrogen and oxygen atoms in total. The summed E-state index contributed by atoms with van der Waals surface area (Å²) in [6.07, 6.45) is 5.88. The summed E-state index contributed by atoms with van der Waals surface area (Å²) >= 11 is 0. The number of anilines is 1. The lowest BCUT2D eigenvalue weighted by molar-refractivity contribution is -0.0391.